The number of carbonyl (C=O) groups excluding carboxylic acids is 1. The van der Waals surface area contributed by atoms with Gasteiger partial charge in [-0.3, -0.25) is 9.08 Å². The number of hydrogen-bond donors (Lipinski definition) is 1. The van der Waals surface area contributed by atoms with Crippen molar-refractivity contribution < 1.29 is 26.5 Å². The number of nitrogens with zero attached hydrogens (tertiary/aromatic N) is 1. The quantitative estimate of drug-likeness (QED) is 0.749. The highest BCUT2D eigenvalue weighted by Gasteiger charge is 2.31. The Morgan fingerprint density at radius 2 is 2.05 bits per heavy atom. The van der Waals surface area contributed by atoms with Gasteiger partial charge in [-0.05, 0) is 27.2 Å². The van der Waals surface area contributed by atoms with Gasteiger partial charge in [0.1, 0.15) is 11.8 Å². The first-order valence-electron chi connectivity index (χ1n) is 7.16. The molecule has 2 atom stereocenters. The molecule has 0 aliphatic carbocycles. The van der Waals surface area contributed by atoms with E-state index in [-0.39, 0.29) is 13.2 Å². The maximum atomic E-state index is 14.1. The molecular formula is C13H25FN2O5S. The summed E-state index contributed by atoms with van der Waals surface area (Å²) in [7, 11) is -3.48. The molecule has 1 fully saturated rings. The summed E-state index contributed by atoms with van der Waals surface area (Å²) < 4.78 is 45.5. The highest BCUT2D eigenvalue weighted by Crippen LogP contribution is 2.15. The van der Waals surface area contributed by atoms with Gasteiger partial charge in [0, 0.05) is 19.6 Å². The van der Waals surface area contributed by atoms with E-state index < -0.39 is 34.0 Å². The fourth-order valence-corrected chi connectivity index (χ4v) is 2.49. The van der Waals surface area contributed by atoms with E-state index in [1.165, 1.54) is 0 Å². The van der Waals surface area contributed by atoms with E-state index in [2.05, 4.69) is 9.50 Å². The molecular weight excluding hydrogens is 315 g/mol. The fraction of sp³-hybridized carbons (Fsp3) is 0.923. The molecule has 22 heavy (non-hydrogen) atoms. The molecule has 130 valence electrons. The Morgan fingerprint density at radius 3 is 2.55 bits per heavy atom. The average molecular weight is 340 g/mol. The first kappa shape index (κ1) is 19.1. The van der Waals surface area contributed by atoms with E-state index in [1.807, 2.05) is 0 Å². The number of nitrogens with one attached hydrogen (secondary N) is 1. The average Bonchev–Trinajstić information content (AvgIpc) is 2.28. The van der Waals surface area contributed by atoms with Crippen molar-refractivity contribution in [3.63, 3.8) is 0 Å². The van der Waals surface area contributed by atoms with Crippen LogP contribution in [0.4, 0.5) is 9.18 Å². The van der Waals surface area contributed by atoms with Gasteiger partial charge in [0.15, 0.2) is 0 Å². The van der Waals surface area contributed by atoms with E-state index in [9.17, 15) is 17.6 Å². The smallest absolute Gasteiger partial charge is 0.407 e. The number of ether oxygens (including phenoxy) is 1. The van der Waals surface area contributed by atoms with Crippen LogP contribution in [-0.4, -0.2) is 69.7 Å². The summed E-state index contributed by atoms with van der Waals surface area (Å²) in [5, 5.41) is 2.54. The lowest BCUT2D eigenvalue weighted by Gasteiger charge is -2.35. The first-order valence-corrected chi connectivity index (χ1v) is 8.98. The largest absolute Gasteiger partial charge is 0.444 e. The number of hydrogen-bond acceptors (Lipinski definition) is 6. The minimum Gasteiger partial charge on any atom is -0.444 e. The Morgan fingerprint density at radius 1 is 1.41 bits per heavy atom. The summed E-state index contributed by atoms with van der Waals surface area (Å²) in [5.74, 6) is 0. The first-order chi connectivity index (χ1) is 9.96. The second kappa shape index (κ2) is 7.56. The molecule has 1 aliphatic rings. The second-order valence-corrected chi connectivity index (χ2v) is 8.03. The zero-order valence-electron chi connectivity index (χ0n) is 13.5. The molecule has 1 rings (SSSR count). The van der Waals surface area contributed by atoms with Gasteiger partial charge in [-0.25, -0.2) is 9.18 Å². The van der Waals surface area contributed by atoms with Crippen LogP contribution in [0.1, 0.15) is 27.2 Å². The Kier molecular flexibility index (Phi) is 6.57. The number of alkyl halides is 1. The second-order valence-electron chi connectivity index (χ2n) is 6.38. The zero-order valence-corrected chi connectivity index (χ0v) is 14.3. The summed E-state index contributed by atoms with van der Waals surface area (Å²) in [6.07, 6.45) is -0.463. The van der Waals surface area contributed by atoms with Crippen LogP contribution in [0.3, 0.4) is 0 Å². The fourth-order valence-electron chi connectivity index (χ4n) is 2.11. The molecule has 1 amide bonds. The molecule has 0 bridgehead atoms. The van der Waals surface area contributed by atoms with E-state index >= 15 is 0 Å². The number of rotatable bonds is 5. The Labute approximate surface area is 131 Å². The molecule has 0 aromatic rings. The molecule has 1 N–H and O–H groups in total. The molecule has 1 heterocycles. The van der Waals surface area contributed by atoms with E-state index in [4.69, 9.17) is 4.74 Å². The normalized spacial score (nSPS) is 24.0. The molecule has 1 saturated heterocycles. The number of carbonyl (C=O) groups is 1. The van der Waals surface area contributed by atoms with Gasteiger partial charge in [0.2, 0.25) is 0 Å². The molecule has 0 spiro atoms. The van der Waals surface area contributed by atoms with Crippen LogP contribution in [0.25, 0.3) is 0 Å². The van der Waals surface area contributed by atoms with Crippen LogP contribution in [0, 0.1) is 0 Å². The number of piperidine rings is 1. The predicted octanol–water partition coefficient (Wildman–Crippen LogP) is 0.900. The molecule has 0 unspecified atom stereocenters. The van der Waals surface area contributed by atoms with Crippen molar-refractivity contribution in [1.29, 1.82) is 0 Å². The minimum atomic E-state index is -3.48. The van der Waals surface area contributed by atoms with Crippen LogP contribution in [0.15, 0.2) is 0 Å². The molecule has 7 nitrogen and oxygen atoms in total. The number of amides is 1. The molecule has 0 aromatic heterocycles. The lowest BCUT2D eigenvalue weighted by Crippen LogP contribution is -2.53. The number of likely N-dealkylation sites (tertiary alicyclic amines) is 1. The van der Waals surface area contributed by atoms with Crippen molar-refractivity contribution in [1.82, 2.24) is 10.2 Å². The minimum absolute atomic E-state index is 0.00425. The highest BCUT2D eigenvalue weighted by atomic mass is 32.2. The molecule has 0 radical (unpaired) electrons. The van der Waals surface area contributed by atoms with E-state index in [0.29, 0.717) is 19.5 Å². The predicted molar refractivity (Wildman–Crippen MR) is 79.9 cm³/mol. The Balaban J connectivity index is 2.35. The van der Waals surface area contributed by atoms with Gasteiger partial charge in [-0.1, -0.05) is 0 Å². The van der Waals surface area contributed by atoms with Crippen LogP contribution < -0.4 is 5.32 Å². The summed E-state index contributed by atoms with van der Waals surface area (Å²) in [5.41, 5.74) is -0.625. The van der Waals surface area contributed by atoms with Gasteiger partial charge in [-0.2, -0.15) is 8.42 Å². The zero-order chi connectivity index (χ0) is 17.0. The third-order valence-electron chi connectivity index (χ3n) is 3.03. The summed E-state index contributed by atoms with van der Waals surface area (Å²) >= 11 is 0. The third-order valence-corrected chi connectivity index (χ3v) is 3.63. The molecule has 1 aliphatic heterocycles. The van der Waals surface area contributed by atoms with Gasteiger partial charge < -0.3 is 10.1 Å². The molecule has 0 aromatic carbocycles. The number of alkyl carbamates (subject to hydrolysis) is 1. The van der Waals surface area contributed by atoms with Crippen LogP contribution in [0.2, 0.25) is 0 Å². The van der Waals surface area contributed by atoms with Crippen molar-refractivity contribution in [2.45, 2.75) is 45.0 Å². The molecule has 9 heteroatoms. The van der Waals surface area contributed by atoms with Crippen molar-refractivity contribution in [3.8, 4) is 0 Å². The topological polar surface area (TPSA) is 84.9 Å². The van der Waals surface area contributed by atoms with Crippen LogP contribution in [-0.2, 0) is 19.0 Å². The maximum absolute atomic E-state index is 14.1. The van der Waals surface area contributed by atoms with Crippen molar-refractivity contribution in [3.05, 3.63) is 0 Å². The van der Waals surface area contributed by atoms with Crippen molar-refractivity contribution in [2.75, 3.05) is 32.5 Å². The lowest BCUT2D eigenvalue weighted by molar-refractivity contribution is 0.0386. The van der Waals surface area contributed by atoms with Gasteiger partial charge in [0.05, 0.1) is 18.9 Å². The Bertz CT molecular complexity index is 477. The standard InChI is InChI=1S/C13H25FN2O5S/c1-13(2,3)21-12(17)15-11-5-6-16(9-10(11)14)7-8-20-22(4,18)19/h10-11H,5-9H2,1-4H3,(H,15,17)/t10-,11-/m1/s1. The molecule has 0 saturated carbocycles. The summed E-state index contributed by atoms with van der Waals surface area (Å²) in [6, 6.07) is -0.595. The lowest BCUT2D eigenvalue weighted by atomic mass is 10.0. The van der Waals surface area contributed by atoms with Crippen molar-refractivity contribution in [2.24, 2.45) is 0 Å². The SMILES string of the molecule is CC(C)(C)OC(=O)N[C@@H]1CCN(CCOS(C)(=O)=O)C[C@H]1F. The van der Waals surface area contributed by atoms with Gasteiger partial charge in [-0.15, -0.1) is 0 Å². The third kappa shape index (κ3) is 7.90. The van der Waals surface area contributed by atoms with E-state index in [0.717, 1.165) is 6.26 Å². The van der Waals surface area contributed by atoms with Gasteiger partial charge in [0.25, 0.3) is 10.1 Å². The summed E-state index contributed by atoms with van der Waals surface area (Å²) in [6.45, 7) is 6.21. The Hall–Kier alpha value is -0.930. The van der Waals surface area contributed by atoms with Crippen molar-refractivity contribution >= 4 is 16.2 Å². The monoisotopic (exact) mass is 340 g/mol. The van der Waals surface area contributed by atoms with E-state index in [1.54, 1.807) is 25.7 Å². The number of halogens is 1. The van der Waals surface area contributed by atoms with Gasteiger partial charge >= 0.3 is 6.09 Å². The van der Waals surface area contributed by atoms with Crippen LogP contribution in [0.5, 0.6) is 0 Å². The summed E-state index contributed by atoms with van der Waals surface area (Å²) in [4.78, 5) is 13.4. The highest BCUT2D eigenvalue weighted by molar-refractivity contribution is 7.85. The van der Waals surface area contributed by atoms with Crippen LogP contribution >= 0.6 is 0 Å². The maximum Gasteiger partial charge on any atom is 0.407 e.